The lowest BCUT2D eigenvalue weighted by atomic mass is 10.1. The van der Waals surface area contributed by atoms with Gasteiger partial charge in [0.15, 0.2) is 0 Å². The molecule has 1 amide bonds. The van der Waals surface area contributed by atoms with Gasteiger partial charge in [0.05, 0.1) is 5.69 Å². The fourth-order valence-electron chi connectivity index (χ4n) is 1.88. The Morgan fingerprint density at radius 3 is 2.60 bits per heavy atom. The fraction of sp³-hybridized carbons (Fsp3) is 0.0714. The van der Waals surface area contributed by atoms with E-state index in [9.17, 15) is 4.79 Å². The van der Waals surface area contributed by atoms with Crippen molar-refractivity contribution in [3.63, 3.8) is 0 Å². The van der Waals surface area contributed by atoms with Gasteiger partial charge in [-0.3, -0.25) is 9.78 Å². The van der Waals surface area contributed by atoms with Crippen LogP contribution in [0, 0.1) is 0 Å². The summed E-state index contributed by atoms with van der Waals surface area (Å²) in [4.78, 5) is 17.3. The number of carbonyl (C=O) groups is 1. The molecule has 0 aliphatic heterocycles. The van der Waals surface area contributed by atoms with Gasteiger partial charge in [-0.25, -0.2) is 0 Å². The van der Waals surface area contributed by atoms with E-state index in [0.29, 0.717) is 4.99 Å². The summed E-state index contributed by atoms with van der Waals surface area (Å²) >= 11 is 5.05. The highest BCUT2D eigenvalue weighted by atomic mass is 32.1. The van der Waals surface area contributed by atoms with Crippen LogP contribution in [-0.2, 0) is 0 Å². The first-order valence-corrected chi connectivity index (χ1v) is 6.30. The number of amides is 1. The molecule has 0 spiro atoms. The van der Waals surface area contributed by atoms with E-state index in [1.54, 1.807) is 12.1 Å². The van der Waals surface area contributed by atoms with Crippen molar-refractivity contribution in [3.8, 4) is 0 Å². The first-order valence-electron chi connectivity index (χ1n) is 5.89. The van der Waals surface area contributed by atoms with Crippen molar-refractivity contribution < 1.29 is 4.79 Å². The van der Waals surface area contributed by atoms with Crippen molar-refractivity contribution in [1.29, 1.82) is 0 Å². The summed E-state index contributed by atoms with van der Waals surface area (Å²) in [7, 11) is 1.86. The molecule has 0 fully saturated rings. The zero-order valence-electron chi connectivity index (χ0n) is 10.9. The molecule has 0 aliphatic carbocycles. The molecule has 4 N–H and O–H groups in total. The van der Waals surface area contributed by atoms with Gasteiger partial charge < -0.3 is 16.4 Å². The third kappa shape index (κ3) is 2.75. The van der Waals surface area contributed by atoms with E-state index in [1.807, 2.05) is 36.2 Å². The molecular formula is C14H14N4OS. The van der Waals surface area contributed by atoms with Gasteiger partial charge in [0, 0.05) is 24.5 Å². The van der Waals surface area contributed by atoms with Crippen LogP contribution >= 0.6 is 12.2 Å². The molecule has 0 unspecified atom stereocenters. The summed E-state index contributed by atoms with van der Waals surface area (Å²) in [5.41, 5.74) is 13.6. The Balaban J connectivity index is 2.46. The Kier molecular flexibility index (Phi) is 3.95. The Labute approximate surface area is 122 Å². The normalized spacial score (nSPS) is 10.1. The average molecular weight is 286 g/mol. The highest BCUT2D eigenvalue weighted by Gasteiger charge is 2.12. The molecule has 0 radical (unpaired) electrons. The number of nitrogens with two attached hydrogens (primary N) is 2. The van der Waals surface area contributed by atoms with E-state index in [0.717, 1.165) is 16.9 Å². The monoisotopic (exact) mass is 286 g/mol. The Hall–Kier alpha value is -2.47. The minimum atomic E-state index is -0.567. The minimum absolute atomic E-state index is 0.210. The Morgan fingerprint density at radius 1 is 1.25 bits per heavy atom. The summed E-state index contributed by atoms with van der Waals surface area (Å²) < 4.78 is 0. The maximum absolute atomic E-state index is 11.2. The highest BCUT2D eigenvalue weighted by molar-refractivity contribution is 7.80. The van der Waals surface area contributed by atoms with Crippen LogP contribution in [0.5, 0.6) is 0 Å². The number of para-hydroxylation sites is 1. The molecule has 0 atom stereocenters. The van der Waals surface area contributed by atoms with Crippen LogP contribution in [0.1, 0.15) is 16.1 Å². The van der Waals surface area contributed by atoms with Gasteiger partial charge in [-0.15, -0.1) is 0 Å². The van der Waals surface area contributed by atoms with E-state index < -0.39 is 5.91 Å². The second-order valence-electron chi connectivity index (χ2n) is 4.20. The number of benzene rings is 1. The first kappa shape index (κ1) is 14.0. The van der Waals surface area contributed by atoms with Crippen LogP contribution in [0.15, 0.2) is 42.6 Å². The second-order valence-corrected chi connectivity index (χ2v) is 4.64. The fourth-order valence-corrected chi connectivity index (χ4v) is 2.05. The number of anilines is 2. The zero-order valence-corrected chi connectivity index (χ0v) is 11.7. The number of carbonyl (C=O) groups excluding carboxylic acids is 1. The van der Waals surface area contributed by atoms with Crippen LogP contribution in [0.4, 0.5) is 11.4 Å². The molecule has 6 heteroatoms. The van der Waals surface area contributed by atoms with Crippen LogP contribution in [0.3, 0.4) is 0 Å². The number of primary amides is 1. The molecule has 1 aromatic heterocycles. The molecule has 2 rings (SSSR count). The summed E-state index contributed by atoms with van der Waals surface area (Å²) in [6.45, 7) is 0. The topological polar surface area (TPSA) is 85.2 Å². The van der Waals surface area contributed by atoms with Gasteiger partial charge in [0.25, 0.3) is 5.91 Å². The number of hydrogen-bond acceptors (Lipinski definition) is 4. The minimum Gasteiger partial charge on any atom is -0.389 e. The summed E-state index contributed by atoms with van der Waals surface area (Å²) in [5, 5.41) is 0. The smallest absolute Gasteiger partial charge is 0.267 e. The maximum Gasteiger partial charge on any atom is 0.267 e. The number of pyridine rings is 1. The Morgan fingerprint density at radius 2 is 1.95 bits per heavy atom. The predicted molar refractivity (Wildman–Crippen MR) is 83.1 cm³/mol. The van der Waals surface area contributed by atoms with Crippen LogP contribution in [0.25, 0.3) is 0 Å². The first-order chi connectivity index (χ1) is 9.50. The van der Waals surface area contributed by atoms with Crippen molar-refractivity contribution in [2.24, 2.45) is 11.5 Å². The van der Waals surface area contributed by atoms with Gasteiger partial charge in [0.1, 0.15) is 10.7 Å². The number of rotatable bonds is 4. The molecule has 2 aromatic rings. The van der Waals surface area contributed by atoms with E-state index in [-0.39, 0.29) is 5.69 Å². The molecule has 5 nitrogen and oxygen atoms in total. The van der Waals surface area contributed by atoms with Gasteiger partial charge in [-0.05, 0) is 24.3 Å². The second kappa shape index (κ2) is 5.66. The van der Waals surface area contributed by atoms with E-state index in [2.05, 4.69) is 4.98 Å². The molecule has 102 valence electrons. The molecule has 1 heterocycles. The molecule has 0 saturated carbocycles. The van der Waals surface area contributed by atoms with Gasteiger partial charge in [-0.2, -0.15) is 0 Å². The standard InChI is InChI=1S/C14H14N4OS/c1-18(9-6-7-17-11(8-9)13(15)19)12-5-3-2-4-10(12)14(16)20/h2-8H,1H3,(H2,15,19)(H2,16,20). The zero-order chi connectivity index (χ0) is 14.7. The molecule has 0 saturated heterocycles. The maximum atomic E-state index is 11.2. The lowest BCUT2D eigenvalue weighted by Gasteiger charge is -2.22. The van der Waals surface area contributed by atoms with Crippen LogP contribution in [-0.4, -0.2) is 22.9 Å². The van der Waals surface area contributed by atoms with Crippen molar-refractivity contribution in [2.45, 2.75) is 0 Å². The number of aromatic nitrogens is 1. The number of nitrogens with zero attached hydrogens (tertiary/aromatic N) is 2. The SMILES string of the molecule is CN(c1ccnc(C(N)=O)c1)c1ccccc1C(N)=S. The molecule has 0 aliphatic rings. The van der Waals surface area contributed by atoms with Crippen molar-refractivity contribution in [3.05, 3.63) is 53.9 Å². The largest absolute Gasteiger partial charge is 0.389 e. The summed E-state index contributed by atoms with van der Waals surface area (Å²) in [6.07, 6.45) is 1.54. The summed E-state index contributed by atoms with van der Waals surface area (Å²) in [6, 6.07) is 10.9. The molecule has 1 aromatic carbocycles. The number of thiocarbonyl (C=S) groups is 1. The Bertz CT molecular complexity index is 672. The molecule has 20 heavy (non-hydrogen) atoms. The molecule has 0 bridgehead atoms. The van der Waals surface area contributed by atoms with E-state index >= 15 is 0 Å². The van der Waals surface area contributed by atoms with Gasteiger partial charge in [0.2, 0.25) is 0 Å². The van der Waals surface area contributed by atoms with Gasteiger partial charge >= 0.3 is 0 Å². The molecular weight excluding hydrogens is 272 g/mol. The lowest BCUT2D eigenvalue weighted by Crippen LogP contribution is -2.19. The van der Waals surface area contributed by atoms with E-state index in [4.69, 9.17) is 23.7 Å². The van der Waals surface area contributed by atoms with Crippen LogP contribution in [0.2, 0.25) is 0 Å². The van der Waals surface area contributed by atoms with Crippen LogP contribution < -0.4 is 16.4 Å². The lowest BCUT2D eigenvalue weighted by molar-refractivity contribution is 0.0995. The summed E-state index contributed by atoms with van der Waals surface area (Å²) in [5.74, 6) is -0.567. The predicted octanol–water partition coefficient (Wildman–Crippen LogP) is 1.58. The van der Waals surface area contributed by atoms with Crippen molar-refractivity contribution >= 4 is 34.5 Å². The van der Waals surface area contributed by atoms with E-state index in [1.165, 1.54) is 6.20 Å². The third-order valence-corrected chi connectivity index (χ3v) is 3.13. The quantitative estimate of drug-likeness (QED) is 0.834. The van der Waals surface area contributed by atoms with Gasteiger partial charge in [-0.1, -0.05) is 24.4 Å². The highest BCUT2D eigenvalue weighted by Crippen LogP contribution is 2.26. The third-order valence-electron chi connectivity index (χ3n) is 2.91. The van der Waals surface area contributed by atoms with Crippen molar-refractivity contribution in [2.75, 3.05) is 11.9 Å². The number of hydrogen-bond donors (Lipinski definition) is 2. The average Bonchev–Trinajstić information content (AvgIpc) is 2.46. The van der Waals surface area contributed by atoms with Crippen molar-refractivity contribution in [1.82, 2.24) is 4.98 Å².